The molecular weight excluding hydrogens is 184 g/mol. The average Bonchev–Trinajstić information content (AvgIpc) is 2.84. The maximum absolute atomic E-state index is 11.2. The van der Waals surface area contributed by atoms with Gasteiger partial charge in [0.15, 0.2) is 0 Å². The average molecular weight is 198 g/mol. The first-order valence-corrected chi connectivity index (χ1v) is 4.48. The van der Waals surface area contributed by atoms with Crippen molar-refractivity contribution in [2.45, 2.75) is 18.9 Å². The molecule has 0 aromatic heterocycles. The summed E-state index contributed by atoms with van der Waals surface area (Å²) in [7, 11) is 1.66. The molecule has 0 spiro atoms. The first kappa shape index (κ1) is 10.6. The summed E-state index contributed by atoms with van der Waals surface area (Å²) < 4.78 is 0. The summed E-state index contributed by atoms with van der Waals surface area (Å²) in [5.74, 6) is -1.08. The molecule has 1 aliphatic rings. The van der Waals surface area contributed by atoms with Crippen molar-refractivity contribution in [1.29, 1.82) is 0 Å². The SMILES string of the molecule is CN(C=CC(=O)O)CC(=O)NC1CC1. The summed E-state index contributed by atoms with van der Waals surface area (Å²) in [5.41, 5.74) is 0. The van der Waals surface area contributed by atoms with Crippen molar-refractivity contribution in [3.63, 3.8) is 0 Å². The number of nitrogens with one attached hydrogen (secondary N) is 1. The fourth-order valence-electron chi connectivity index (χ4n) is 0.971. The van der Waals surface area contributed by atoms with Crippen LogP contribution in [0.15, 0.2) is 12.3 Å². The molecule has 1 aliphatic carbocycles. The smallest absolute Gasteiger partial charge is 0.329 e. The highest BCUT2D eigenvalue weighted by molar-refractivity contribution is 5.80. The summed E-state index contributed by atoms with van der Waals surface area (Å²) in [4.78, 5) is 22.9. The van der Waals surface area contributed by atoms with E-state index in [1.54, 1.807) is 7.05 Å². The molecule has 0 aromatic rings. The lowest BCUT2D eigenvalue weighted by atomic mass is 10.5. The van der Waals surface area contributed by atoms with Gasteiger partial charge in [0.2, 0.25) is 5.91 Å². The Bertz CT molecular complexity index is 259. The zero-order chi connectivity index (χ0) is 10.6. The molecule has 14 heavy (non-hydrogen) atoms. The van der Waals surface area contributed by atoms with E-state index in [1.807, 2.05) is 0 Å². The first-order valence-electron chi connectivity index (χ1n) is 4.48. The van der Waals surface area contributed by atoms with E-state index in [0.29, 0.717) is 6.04 Å². The Kier molecular flexibility index (Phi) is 3.50. The summed E-state index contributed by atoms with van der Waals surface area (Å²) in [6, 6.07) is 0.347. The van der Waals surface area contributed by atoms with Crippen molar-refractivity contribution >= 4 is 11.9 Å². The Morgan fingerprint density at radius 3 is 2.71 bits per heavy atom. The van der Waals surface area contributed by atoms with E-state index in [-0.39, 0.29) is 12.5 Å². The minimum Gasteiger partial charge on any atom is -0.478 e. The predicted octanol–water partition coefficient (Wildman–Crippen LogP) is -0.205. The second-order valence-electron chi connectivity index (χ2n) is 3.41. The fraction of sp³-hybridized carbons (Fsp3) is 0.556. The number of hydrogen-bond acceptors (Lipinski definition) is 3. The highest BCUT2D eigenvalue weighted by Gasteiger charge is 2.23. The van der Waals surface area contributed by atoms with Crippen molar-refractivity contribution in [3.05, 3.63) is 12.3 Å². The summed E-state index contributed by atoms with van der Waals surface area (Å²) >= 11 is 0. The van der Waals surface area contributed by atoms with E-state index < -0.39 is 5.97 Å². The number of aliphatic carboxylic acids is 1. The van der Waals surface area contributed by atoms with E-state index in [0.717, 1.165) is 18.9 Å². The molecule has 0 atom stereocenters. The largest absolute Gasteiger partial charge is 0.478 e. The molecule has 5 nitrogen and oxygen atoms in total. The Morgan fingerprint density at radius 1 is 1.57 bits per heavy atom. The van der Waals surface area contributed by atoms with E-state index >= 15 is 0 Å². The number of rotatable bonds is 5. The number of carboxylic acids is 1. The molecule has 1 saturated carbocycles. The minimum atomic E-state index is -1.01. The molecule has 0 unspecified atom stereocenters. The van der Waals surface area contributed by atoms with Gasteiger partial charge < -0.3 is 15.3 Å². The Balaban J connectivity index is 2.20. The quantitative estimate of drug-likeness (QED) is 0.600. The molecule has 0 heterocycles. The predicted molar refractivity (Wildman–Crippen MR) is 50.6 cm³/mol. The molecule has 0 saturated heterocycles. The van der Waals surface area contributed by atoms with Crippen LogP contribution in [0.4, 0.5) is 0 Å². The molecule has 2 N–H and O–H groups in total. The van der Waals surface area contributed by atoms with Crippen LogP contribution < -0.4 is 5.32 Å². The number of carbonyl (C=O) groups is 2. The van der Waals surface area contributed by atoms with Crippen LogP contribution in [0, 0.1) is 0 Å². The van der Waals surface area contributed by atoms with E-state index in [4.69, 9.17) is 5.11 Å². The maximum atomic E-state index is 11.2. The first-order chi connectivity index (χ1) is 6.58. The van der Waals surface area contributed by atoms with Crippen molar-refractivity contribution in [2.24, 2.45) is 0 Å². The van der Waals surface area contributed by atoms with Gasteiger partial charge in [0.25, 0.3) is 0 Å². The van der Waals surface area contributed by atoms with Gasteiger partial charge in [0.1, 0.15) is 0 Å². The van der Waals surface area contributed by atoms with Crippen molar-refractivity contribution in [3.8, 4) is 0 Å². The van der Waals surface area contributed by atoms with Gasteiger partial charge in [-0.05, 0) is 12.8 Å². The van der Waals surface area contributed by atoms with Gasteiger partial charge >= 0.3 is 5.97 Å². The van der Waals surface area contributed by atoms with Crippen molar-refractivity contribution in [2.75, 3.05) is 13.6 Å². The number of likely N-dealkylation sites (N-methyl/N-ethyl adjacent to an activating group) is 1. The van der Waals surface area contributed by atoms with Crippen LogP contribution in [-0.2, 0) is 9.59 Å². The Labute approximate surface area is 82.4 Å². The highest BCUT2D eigenvalue weighted by atomic mass is 16.4. The second kappa shape index (κ2) is 4.64. The van der Waals surface area contributed by atoms with Gasteiger partial charge in [-0.2, -0.15) is 0 Å². The molecular formula is C9H14N2O3. The van der Waals surface area contributed by atoms with Crippen LogP contribution in [0.5, 0.6) is 0 Å². The van der Waals surface area contributed by atoms with Crippen LogP contribution in [0.2, 0.25) is 0 Å². The molecule has 78 valence electrons. The summed E-state index contributed by atoms with van der Waals surface area (Å²) in [6.07, 6.45) is 4.49. The van der Waals surface area contributed by atoms with Gasteiger partial charge in [0, 0.05) is 25.4 Å². The normalized spacial score (nSPS) is 15.5. The van der Waals surface area contributed by atoms with Crippen LogP contribution in [-0.4, -0.2) is 41.5 Å². The van der Waals surface area contributed by atoms with Gasteiger partial charge in [-0.15, -0.1) is 0 Å². The number of carboxylic acid groups (broad SMARTS) is 1. The van der Waals surface area contributed by atoms with E-state index in [9.17, 15) is 9.59 Å². The van der Waals surface area contributed by atoms with Gasteiger partial charge in [-0.3, -0.25) is 4.79 Å². The maximum Gasteiger partial charge on any atom is 0.329 e. The van der Waals surface area contributed by atoms with Crippen molar-refractivity contribution < 1.29 is 14.7 Å². The third-order valence-corrected chi connectivity index (χ3v) is 1.81. The minimum absolute atomic E-state index is 0.0648. The Morgan fingerprint density at radius 2 is 2.21 bits per heavy atom. The molecule has 0 aliphatic heterocycles. The van der Waals surface area contributed by atoms with E-state index in [1.165, 1.54) is 11.1 Å². The summed E-state index contributed by atoms with van der Waals surface area (Å²) in [6.45, 7) is 0.195. The monoisotopic (exact) mass is 198 g/mol. The lowest BCUT2D eigenvalue weighted by Crippen LogP contribution is -2.34. The number of carbonyl (C=O) groups excluding carboxylic acids is 1. The van der Waals surface area contributed by atoms with Crippen LogP contribution in [0.25, 0.3) is 0 Å². The highest BCUT2D eigenvalue weighted by Crippen LogP contribution is 2.18. The number of hydrogen-bond donors (Lipinski definition) is 2. The lowest BCUT2D eigenvalue weighted by molar-refractivity contribution is -0.131. The third kappa shape index (κ3) is 4.49. The fourth-order valence-corrected chi connectivity index (χ4v) is 0.971. The van der Waals surface area contributed by atoms with Gasteiger partial charge in [0.05, 0.1) is 6.54 Å². The molecule has 1 fully saturated rings. The molecule has 0 bridgehead atoms. The summed E-state index contributed by atoms with van der Waals surface area (Å²) in [5, 5.41) is 11.1. The molecule has 0 aromatic carbocycles. The second-order valence-corrected chi connectivity index (χ2v) is 3.41. The van der Waals surface area contributed by atoms with Crippen molar-refractivity contribution in [1.82, 2.24) is 10.2 Å². The van der Waals surface area contributed by atoms with Crippen LogP contribution >= 0.6 is 0 Å². The number of amides is 1. The zero-order valence-electron chi connectivity index (χ0n) is 8.06. The molecule has 0 radical (unpaired) electrons. The van der Waals surface area contributed by atoms with Gasteiger partial charge in [-0.25, -0.2) is 4.79 Å². The molecule has 1 amide bonds. The number of nitrogens with zero attached hydrogens (tertiary/aromatic N) is 1. The Hall–Kier alpha value is -1.52. The van der Waals surface area contributed by atoms with E-state index in [2.05, 4.69) is 5.32 Å². The molecule has 5 heteroatoms. The third-order valence-electron chi connectivity index (χ3n) is 1.81. The van der Waals surface area contributed by atoms with Crippen LogP contribution in [0.3, 0.4) is 0 Å². The zero-order valence-corrected chi connectivity index (χ0v) is 8.06. The topological polar surface area (TPSA) is 69.6 Å². The van der Waals surface area contributed by atoms with Crippen LogP contribution in [0.1, 0.15) is 12.8 Å². The standard InChI is InChI=1S/C9H14N2O3/c1-11(5-4-9(13)14)6-8(12)10-7-2-3-7/h4-5,7H,2-3,6H2,1H3,(H,10,12)(H,13,14). The molecule has 1 rings (SSSR count). The van der Waals surface area contributed by atoms with Gasteiger partial charge in [-0.1, -0.05) is 0 Å². The lowest BCUT2D eigenvalue weighted by Gasteiger charge is -2.12.